The number of hydrogen-bond acceptors (Lipinski definition) is 4. The van der Waals surface area contributed by atoms with Crippen molar-refractivity contribution in [2.75, 3.05) is 5.32 Å². The molecule has 0 saturated heterocycles. The van der Waals surface area contributed by atoms with E-state index >= 15 is 0 Å². The molecule has 0 spiro atoms. The van der Waals surface area contributed by atoms with Gasteiger partial charge in [-0.1, -0.05) is 12.1 Å². The number of furan rings is 1. The maximum Gasteiger partial charge on any atom is 0.291 e. The molecule has 0 bridgehead atoms. The van der Waals surface area contributed by atoms with Gasteiger partial charge in [0, 0.05) is 11.3 Å². The molecule has 2 aromatic heterocycles. The summed E-state index contributed by atoms with van der Waals surface area (Å²) in [4.78, 5) is 16.2. The Kier molecular flexibility index (Phi) is 4.07. The van der Waals surface area contributed by atoms with E-state index in [0.717, 1.165) is 5.56 Å². The van der Waals surface area contributed by atoms with Crippen LogP contribution in [-0.4, -0.2) is 10.9 Å². The third-order valence-corrected chi connectivity index (χ3v) is 3.83. The number of nitrogens with zero attached hydrogens (tertiary/aromatic N) is 1. The predicted molar refractivity (Wildman–Crippen MR) is 94.0 cm³/mol. The topological polar surface area (TPSA) is 68.3 Å². The number of amides is 1. The van der Waals surface area contributed by atoms with Gasteiger partial charge in [0.2, 0.25) is 0 Å². The second-order valence-corrected chi connectivity index (χ2v) is 5.54. The van der Waals surface area contributed by atoms with Crippen LogP contribution in [0.3, 0.4) is 0 Å². The number of oxazole rings is 1. The van der Waals surface area contributed by atoms with Gasteiger partial charge < -0.3 is 14.2 Å². The van der Waals surface area contributed by atoms with Crippen molar-refractivity contribution < 1.29 is 18.0 Å². The molecule has 0 atom stereocenters. The smallest absolute Gasteiger partial charge is 0.291 e. The van der Waals surface area contributed by atoms with Crippen LogP contribution in [0.25, 0.3) is 22.6 Å². The third kappa shape index (κ3) is 3.12. The van der Waals surface area contributed by atoms with E-state index in [9.17, 15) is 9.18 Å². The normalized spacial score (nSPS) is 10.7. The van der Waals surface area contributed by atoms with Crippen LogP contribution in [0, 0.1) is 5.82 Å². The number of carbonyl (C=O) groups excluding carboxylic acids is 1. The van der Waals surface area contributed by atoms with Gasteiger partial charge in [-0.25, -0.2) is 9.37 Å². The monoisotopic (exact) mass is 348 g/mol. The molecule has 6 heteroatoms. The summed E-state index contributed by atoms with van der Waals surface area (Å²) in [5, 5.41) is 2.74. The zero-order valence-electron chi connectivity index (χ0n) is 13.5. The van der Waals surface area contributed by atoms with Crippen molar-refractivity contribution in [2.45, 2.75) is 0 Å². The van der Waals surface area contributed by atoms with Crippen molar-refractivity contribution in [2.24, 2.45) is 0 Å². The molecule has 1 amide bonds. The quantitative estimate of drug-likeness (QED) is 0.564. The lowest BCUT2D eigenvalue weighted by Crippen LogP contribution is -2.10. The highest BCUT2D eigenvalue weighted by atomic mass is 19.1. The number of hydrogen-bond donors (Lipinski definition) is 1. The molecule has 1 N–H and O–H groups in total. The highest BCUT2D eigenvalue weighted by Crippen LogP contribution is 2.25. The van der Waals surface area contributed by atoms with Crippen molar-refractivity contribution >= 4 is 11.6 Å². The summed E-state index contributed by atoms with van der Waals surface area (Å²) in [7, 11) is 0. The number of aromatic nitrogens is 1. The highest BCUT2D eigenvalue weighted by molar-refractivity contribution is 6.02. The highest BCUT2D eigenvalue weighted by Gasteiger charge is 2.14. The zero-order chi connectivity index (χ0) is 17.9. The largest absolute Gasteiger partial charge is 0.451 e. The van der Waals surface area contributed by atoms with E-state index in [1.807, 2.05) is 12.1 Å². The number of carbonyl (C=O) groups is 1. The van der Waals surface area contributed by atoms with Crippen molar-refractivity contribution in [3.8, 4) is 22.6 Å². The Bertz CT molecular complexity index is 1040. The van der Waals surface area contributed by atoms with Crippen LogP contribution in [0.4, 0.5) is 10.1 Å². The minimum absolute atomic E-state index is 0.0996. The van der Waals surface area contributed by atoms with Gasteiger partial charge >= 0.3 is 0 Å². The fourth-order valence-corrected chi connectivity index (χ4v) is 2.53. The van der Waals surface area contributed by atoms with E-state index in [1.54, 1.807) is 42.6 Å². The molecule has 0 unspecified atom stereocenters. The Labute approximate surface area is 148 Å². The van der Waals surface area contributed by atoms with Gasteiger partial charge in [-0.05, 0) is 48.5 Å². The Hall–Kier alpha value is -3.67. The standard InChI is InChI=1S/C20H13FN2O3/c21-16-4-2-1-3-15(16)17-9-10-18(26-17)20(24)23-14-7-5-13(6-8-14)19-11-22-12-25-19/h1-12H,(H,23,24). The molecule has 0 aliphatic carbocycles. The van der Waals surface area contributed by atoms with Crippen molar-refractivity contribution in [3.05, 3.63) is 84.8 Å². The summed E-state index contributed by atoms with van der Waals surface area (Å²) in [5.41, 5.74) is 1.76. The lowest BCUT2D eigenvalue weighted by Gasteiger charge is -2.04. The average Bonchev–Trinajstić information content (AvgIpc) is 3.35. The Morgan fingerprint density at radius 1 is 0.962 bits per heavy atom. The van der Waals surface area contributed by atoms with Crippen LogP contribution in [0.1, 0.15) is 10.6 Å². The maximum atomic E-state index is 13.8. The number of rotatable bonds is 4. The lowest BCUT2D eigenvalue weighted by molar-refractivity contribution is 0.0997. The summed E-state index contributed by atoms with van der Waals surface area (Å²) >= 11 is 0. The second kappa shape index (κ2) is 6.68. The second-order valence-electron chi connectivity index (χ2n) is 5.54. The summed E-state index contributed by atoms with van der Waals surface area (Å²) < 4.78 is 24.5. The van der Waals surface area contributed by atoms with Crippen LogP contribution >= 0.6 is 0 Å². The molecule has 4 rings (SSSR count). The summed E-state index contributed by atoms with van der Waals surface area (Å²) in [6, 6.07) is 16.4. The molecule has 5 nitrogen and oxygen atoms in total. The third-order valence-electron chi connectivity index (χ3n) is 3.83. The van der Waals surface area contributed by atoms with Crippen molar-refractivity contribution in [3.63, 3.8) is 0 Å². The first kappa shape index (κ1) is 15.8. The first-order valence-corrected chi connectivity index (χ1v) is 7.86. The first-order valence-electron chi connectivity index (χ1n) is 7.86. The number of nitrogens with one attached hydrogen (secondary N) is 1. The molecule has 0 fully saturated rings. The van der Waals surface area contributed by atoms with Crippen LogP contribution < -0.4 is 5.32 Å². The van der Waals surface area contributed by atoms with Gasteiger partial charge in [0.1, 0.15) is 11.6 Å². The molecule has 0 aliphatic heterocycles. The molecule has 4 aromatic rings. The fraction of sp³-hybridized carbons (Fsp3) is 0. The van der Waals surface area contributed by atoms with Gasteiger partial charge in [0.15, 0.2) is 17.9 Å². The van der Waals surface area contributed by atoms with Crippen molar-refractivity contribution in [1.82, 2.24) is 4.98 Å². The van der Waals surface area contributed by atoms with Crippen LogP contribution in [-0.2, 0) is 0 Å². The number of anilines is 1. The molecule has 0 saturated carbocycles. The minimum atomic E-state index is -0.417. The Morgan fingerprint density at radius 2 is 1.77 bits per heavy atom. The van der Waals surface area contributed by atoms with E-state index in [1.165, 1.54) is 18.5 Å². The molecule has 0 aliphatic rings. The minimum Gasteiger partial charge on any atom is -0.451 e. The Balaban J connectivity index is 1.49. The van der Waals surface area contributed by atoms with E-state index in [-0.39, 0.29) is 5.76 Å². The van der Waals surface area contributed by atoms with Gasteiger partial charge in [-0.2, -0.15) is 0 Å². The van der Waals surface area contributed by atoms with Crippen LogP contribution in [0.2, 0.25) is 0 Å². The van der Waals surface area contributed by atoms with Gasteiger partial charge in [-0.3, -0.25) is 4.79 Å². The first-order chi connectivity index (χ1) is 12.7. The van der Waals surface area contributed by atoms with E-state index in [4.69, 9.17) is 8.83 Å². The maximum absolute atomic E-state index is 13.8. The van der Waals surface area contributed by atoms with E-state index < -0.39 is 11.7 Å². The summed E-state index contributed by atoms with van der Waals surface area (Å²) in [6.45, 7) is 0. The van der Waals surface area contributed by atoms with Gasteiger partial charge in [0.25, 0.3) is 5.91 Å². The molecular formula is C20H13FN2O3. The molecule has 2 aromatic carbocycles. The average molecular weight is 348 g/mol. The molecule has 128 valence electrons. The molecule has 26 heavy (non-hydrogen) atoms. The van der Waals surface area contributed by atoms with Crippen LogP contribution in [0.5, 0.6) is 0 Å². The van der Waals surface area contributed by atoms with Gasteiger partial charge in [-0.15, -0.1) is 0 Å². The summed E-state index contributed by atoms with van der Waals surface area (Å²) in [6.07, 6.45) is 2.97. The van der Waals surface area contributed by atoms with Gasteiger partial charge in [0.05, 0.1) is 11.8 Å². The molecular weight excluding hydrogens is 335 g/mol. The summed E-state index contributed by atoms with van der Waals surface area (Å²) in [5.74, 6) is 0.219. The number of benzene rings is 2. The van der Waals surface area contributed by atoms with Crippen molar-refractivity contribution in [1.29, 1.82) is 0 Å². The SMILES string of the molecule is O=C(Nc1ccc(-c2cnco2)cc1)c1ccc(-c2ccccc2F)o1. The Morgan fingerprint density at radius 3 is 2.50 bits per heavy atom. The van der Waals surface area contributed by atoms with E-state index in [2.05, 4.69) is 10.3 Å². The molecule has 2 heterocycles. The fourth-order valence-electron chi connectivity index (χ4n) is 2.53. The lowest BCUT2D eigenvalue weighted by atomic mass is 10.1. The zero-order valence-corrected chi connectivity index (χ0v) is 13.5. The van der Waals surface area contributed by atoms with Crippen LogP contribution in [0.15, 0.2) is 82.1 Å². The van der Waals surface area contributed by atoms with E-state index in [0.29, 0.717) is 22.8 Å². The predicted octanol–water partition coefficient (Wildman–Crippen LogP) is 4.99. The molecule has 0 radical (unpaired) electrons. The number of halogens is 1.